The molecule has 2 aromatic carbocycles. The first-order valence-corrected chi connectivity index (χ1v) is 8.01. The predicted molar refractivity (Wildman–Crippen MR) is 95.2 cm³/mol. The van der Waals surface area contributed by atoms with Crippen LogP contribution >= 0.6 is 0 Å². The third kappa shape index (κ3) is 3.12. The number of benzene rings is 2. The minimum atomic E-state index is -1.79. The van der Waals surface area contributed by atoms with Gasteiger partial charge < -0.3 is 20.7 Å². The van der Waals surface area contributed by atoms with Crippen molar-refractivity contribution in [1.82, 2.24) is 10.6 Å². The second-order valence-corrected chi connectivity index (χ2v) is 6.35. The fraction of sp³-hybridized carbons (Fsp3) is 0.167. The molecule has 3 rings (SSSR count). The summed E-state index contributed by atoms with van der Waals surface area (Å²) in [5, 5.41) is 24.1. The van der Waals surface area contributed by atoms with Gasteiger partial charge in [-0.05, 0) is 36.1 Å². The molecular weight excluding hydrogens is 335 g/mol. The molecule has 1 aliphatic heterocycles. The third-order valence-electron chi connectivity index (χ3n) is 4.51. The summed E-state index contributed by atoms with van der Waals surface area (Å²) in [7, 11) is -1.79. The summed E-state index contributed by atoms with van der Waals surface area (Å²) < 4.78 is 0. The molecule has 0 saturated heterocycles. The maximum atomic E-state index is 12.4. The summed E-state index contributed by atoms with van der Waals surface area (Å²) in [6.45, 7) is 1.98. The molecule has 0 aliphatic carbocycles. The summed E-state index contributed by atoms with van der Waals surface area (Å²) >= 11 is 0. The first kappa shape index (κ1) is 17.8. The fourth-order valence-corrected chi connectivity index (χ4v) is 3.10. The van der Waals surface area contributed by atoms with Gasteiger partial charge in [0.05, 0.1) is 5.54 Å². The van der Waals surface area contributed by atoms with Crippen LogP contribution in [0.4, 0.5) is 0 Å². The number of amides is 2. The van der Waals surface area contributed by atoms with Gasteiger partial charge in [-0.3, -0.25) is 14.4 Å². The van der Waals surface area contributed by atoms with Crippen molar-refractivity contribution in [2.24, 2.45) is 0 Å². The van der Waals surface area contributed by atoms with Crippen LogP contribution in [0.1, 0.15) is 43.6 Å². The molecular formula is C18H17BN2O5. The average molecular weight is 352 g/mol. The summed E-state index contributed by atoms with van der Waals surface area (Å²) in [4.78, 5) is 35.6. The van der Waals surface area contributed by atoms with Gasteiger partial charge in [-0.2, -0.15) is 0 Å². The lowest BCUT2D eigenvalue weighted by Gasteiger charge is -2.26. The van der Waals surface area contributed by atoms with Crippen LogP contribution in [0.3, 0.4) is 0 Å². The predicted octanol–water partition coefficient (Wildman–Crippen LogP) is -0.432. The Morgan fingerprint density at radius 2 is 2.00 bits per heavy atom. The Labute approximate surface area is 150 Å². The molecule has 2 aromatic rings. The van der Waals surface area contributed by atoms with Crippen LogP contribution in [-0.4, -0.2) is 41.8 Å². The van der Waals surface area contributed by atoms with Crippen molar-refractivity contribution in [2.75, 3.05) is 6.54 Å². The van der Waals surface area contributed by atoms with Crippen LogP contribution in [0.5, 0.6) is 0 Å². The summed E-state index contributed by atoms with van der Waals surface area (Å²) in [6, 6.07) is 11.2. The molecule has 1 atom stereocenters. The molecule has 132 valence electrons. The Morgan fingerprint density at radius 3 is 2.69 bits per heavy atom. The quantitative estimate of drug-likeness (QED) is 0.430. The highest BCUT2D eigenvalue weighted by molar-refractivity contribution is 6.60. The number of rotatable bonds is 5. The zero-order valence-corrected chi connectivity index (χ0v) is 14.0. The van der Waals surface area contributed by atoms with Gasteiger partial charge in [0, 0.05) is 23.2 Å². The Morgan fingerprint density at radius 1 is 1.27 bits per heavy atom. The summed E-state index contributed by atoms with van der Waals surface area (Å²) in [5.74, 6) is -0.631. The van der Waals surface area contributed by atoms with Crippen molar-refractivity contribution in [1.29, 1.82) is 0 Å². The molecule has 0 spiro atoms. The zero-order valence-electron chi connectivity index (χ0n) is 14.0. The number of fused-ring (bicyclic) bond motifs is 1. The Kier molecular flexibility index (Phi) is 4.63. The molecule has 8 heteroatoms. The van der Waals surface area contributed by atoms with Gasteiger partial charge in [0.2, 0.25) is 0 Å². The lowest BCUT2D eigenvalue weighted by molar-refractivity contribution is 0.0898. The molecule has 0 bridgehead atoms. The highest BCUT2D eigenvalue weighted by Gasteiger charge is 2.38. The highest BCUT2D eigenvalue weighted by atomic mass is 16.4. The molecule has 7 nitrogen and oxygen atoms in total. The lowest BCUT2D eigenvalue weighted by atomic mass is 9.77. The standard InChI is InChI=1S/C18H17BN2O5/c1-18(14-5-3-2-4-13(14)17(24)21-18)10-20-16(23)11-6-7-15(19(25)26)12(8-11)9-22/h2-9,25-26H,10H2,1H3,(H,20,23)(H,21,24). The van der Waals surface area contributed by atoms with Crippen molar-refractivity contribution in [3.63, 3.8) is 0 Å². The van der Waals surface area contributed by atoms with Crippen molar-refractivity contribution >= 4 is 30.7 Å². The molecule has 26 heavy (non-hydrogen) atoms. The van der Waals surface area contributed by atoms with Crippen molar-refractivity contribution in [3.05, 3.63) is 64.7 Å². The molecule has 0 radical (unpaired) electrons. The van der Waals surface area contributed by atoms with E-state index in [4.69, 9.17) is 0 Å². The number of carbonyl (C=O) groups is 3. The molecule has 0 fully saturated rings. The second kappa shape index (κ2) is 6.74. The normalized spacial score (nSPS) is 18.0. The van der Waals surface area contributed by atoms with Crippen LogP contribution in [-0.2, 0) is 5.54 Å². The summed E-state index contributed by atoms with van der Waals surface area (Å²) in [6.07, 6.45) is 0.459. The van der Waals surface area contributed by atoms with E-state index < -0.39 is 18.6 Å². The maximum Gasteiger partial charge on any atom is 0.489 e. The van der Waals surface area contributed by atoms with Crippen LogP contribution in [0.2, 0.25) is 0 Å². The minimum absolute atomic E-state index is 0.0263. The van der Waals surface area contributed by atoms with Crippen LogP contribution < -0.4 is 16.1 Å². The maximum absolute atomic E-state index is 12.4. The molecule has 0 saturated carbocycles. The smallest absolute Gasteiger partial charge is 0.423 e. The summed E-state index contributed by atoms with van der Waals surface area (Å²) in [5.41, 5.74) is 0.904. The third-order valence-corrected chi connectivity index (χ3v) is 4.51. The molecule has 4 N–H and O–H groups in total. The van der Waals surface area contributed by atoms with Gasteiger partial charge in [0.25, 0.3) is 11.8 Å². The fourth-order valence-electron chi connectivity index (χ4n) is 3.10. The number of nitrogens with one attached hydrogen (secondary N) is 2. The van der Waals surface area contributed by atoms with Gasteiger partial charge in [-0.25, -0.2) is 0 Å². The Balaban J connectivity index is 1.78. The Hall–Kier alpha value is -2.97. The SMILES string of the molecule is CC1(CNC(=O)c2ccc(B(O)O)c(C=O)c2)NC(=O)c2ccccc21. The van der Waals surface area contributed by atoms with E-state index in [9.17, 15) is 24.4 Å². The van der Waals surface area contributed by atoms with Gasteiger partial charge in [-0.15, -0.1) is 0 Å². The molecule has 0 aromatic heterocycles. The first-order valence-electron chi connectivity index (χ1n) is 8.01. The van der Waals surface area contributed by atoms with Gasteiger partial charge in [0.15, 0.2) is 0 Å². The van der Waals surface area contributed by atoms with Crippen molar-refractivity contribution < 1.29 is 24.4 Å². The zero-order chi connectivity index (χ0) is 18.9. The minimum Gasteiger partial charge on any atom is -0.423 e. The van der Waals surface area contributed by atoms with E-state index in [1.54, 1.807) is 12.1 Å². The van der Waals surface area contributed by atoms with Gasteiger partial charge in [-0.1, -0.05) is 24.3 Å². The Bertz CT molecular complexity index is 899. The van der Waals surface area contributed by atoms with E-state index >= 15 is 0 Å². The monoisotopic (exact) mass is 352 g/mol. The van der Waals surface area contributed by atoms with E-state index in [0.717, 1.165) is 5.56 Å². The van der Waals surface area contributed by atoms with E-state index in [1.807, 2.05) is 19.1 Å². The lowest BCUT2D eigenvalue weighted by Crippen LogP contribution is -2.46. The number of hydrogen-bond acceptors (Lipinski definition) is 5. The van der Waals surface area contributed by atoms with Crippen molar-refractivity contribution in [2.45, 2.75) is 12.5 Å². The molecule has 1 unspecified atom stereocenters. The van der Waals surface area contributed by atoms with Gasteiger partial charge in [0.1, 0.15) is 6.29 Å². The highest BCUT2D eigenvalue weighted by Crippen LogP contribution is 2.30. The second-order valence-electron chi connectivity index (χ2n) is 6.35. The topological polar surface area (TPSA) is 116 Å². The number of aldehydes is 1. The number of carbonyl (C=O) groups excluding carboxylic acids is 3. The number of hydrogen-bond donors (Lipinski definition) is 4. The van der Waals surface area contributed by atoms with E-state index in [2.05, 4.69) is 10.6 Å². The average Bonchev–Trinajstić information content (AvgIpc) is 2.90. The molecule has 1 aliphatic rings. The molecule has 2 amide bonds. The first-order chi connectivity index (χ1) is 12.4. The molecule has 1 heterocycles. The van der Waals surface area contributed by atoms with E-state index in [-0.39, 0.29) is 29.0 Å². The van der Waals surface area contributed by atoms with Crippen LogP contribution in [0.25, 0.3) is 0 Å². The van der Waals surface area contributed by atoms with Crippen LogP contribution in [0, 0.1) is 0 Å². The van der Waals surface area contributed by atoms with Gasteiger partial charge >= 0.3 is 7.12 Å². The van der Waals surface area contributed by atoms with Crippen LogP contribution in [0.15, 0.2) is 42.5 Å². The van der Waals surface area contributed by atoms with E-state index in [1.165, 1.54) is 18.2 Å². The largest absolute Gasteiger partial charge is 0.489 e. The van der Waals surface area contributed by atoms with E-state index in [0.29, 0.717) is 11.8 Å². The van der Waals surface area contributed by atoms with Crippen molar-refractivity contribution in [3.8, 4) is 0 Å².